The van der Waals surface area contributed by atoms with Gasteiger partial charge in [-0.2, -0.15) is 0 Å². The molecule has 2 fully saturated rings. The SMILES string of the molecule is CC(=O)O[C@H]1C(C)[C@H](C)C(C)O[C@H]1Oc1ccc(NC(=O)CCC(=O)CCCOCCOCCOCCCC(=O)OCC2[C@H]3CCC#CCC[C@@H]23)cc1COC(=O)Oc1ccc([N+](=O)[O-])cc1. The summed E-state index contributed by atoms with van der Waals surface area (Å²) in [6.07, 6.45) is 2.57. The van der Waals surface area contributed by atoms with Crippen molar-refractivity contribution < 1.29 is 71.5 Å². The van der Waals surface area contributed by atoms with E-state index in [2.05, 4.69) is 17.2 Å². The van der Waals surface area contributed by atoms with Gasteiger partial charge >= 0.3 is 18.1 Å². The summed E-state index contributed by atoms with van der Waals surface area (Å²) in [6.45, 7) is 9.54. The Morgan fingerprint density at radius 2 is 1.43 bits per heavy atom. The average Bonchev–Trinajstić information content (AvgIpc) is 3.95. The molecule has 1 saturated heterocycles. The van der Waals surface area contributed by atoms with Gasteiger partial charge in [-0.1, -0.05) is 13.8 Å². The number of carbonyl (C=O) groups excluding carboxylic acids is 5. The van der Waals surface area contributed by atoms with Crippen LogP contribution in [0, 0.1) is 51.5 Å². The Hall–Kier alpha value is -5.61. The largest absolute Gasteiger partial charge is 0.514 e. The van der Waals surface area contributed by atoms with Crippen molar-refractivity contribution in [2.24, 2.45) is 29.6 Å². The molecule has 3 aliphatic rings. The van der Waals surface area contributed by atoms with E-state index in [1.807, 2.05) is 20.8 Å². The van der Waals surface area contributed by atoms with Crippen molar-refractivity contribution in [3.8, 4) is 23.3 Å². The molecule has 0 bridgehead atoms. The highest BCUT2D eigenvalue weighted by Crippen LogP contribution is 2.52. The molecule has 3 unspecified atom stereocenters. The Kier molecular flexibility index (Phi) is 21.3. The van der Waals surface area contributed by atoms with Crippen molar-refractivity contribution in [3.63, 3.8) is 0 Å². The highest BCUT2D eigenvalue weighted by atomic mass is 16.7. The summed E-state index contributed by atoms with van der Waals surface area (Å²) in [6, 6.07) is 9.50. The fraction of sp³-hybridized carbons (Fsp3) is 0.612. The van der Waals surface area contributed by atoms with E-state index < -0.39 is 42.0 Å². The number of rotatable bonds is 27. The van der Waals surface area contributed by atoms with E-state index in [0.29, 0.717) is 94.5 Å². The molecule has 67 heavy (non-hydrogen) atoms. The lowest BCUT2D eigenvalue weighted by Gasteiger charge is -2.42. The number of esters is 2. The summed E-state index contributed by atoms with van der Waals surface area (Å²) in [4.78, 5) is 72.7. The fourth-order valence-corrected chi connectivity index (χ4v) is 8.12. The normalized spacial score (nSPS) is 22.9. The zero-order valence-electron chi connectivity index (χ0n) is 38.9. The molecule has 0 aromatic heterocycles. The van der Waals surface area contributed by atoms with Gasteiger partial charge in [0.1, 0.15) is 23.9 Å². The zero-order valence-corrected chi connectivity index (χ0v) is 38.9. The van der Waals surface area contributed by atoms with Gasteiger partial charge in [-0.15, -0.1) is 11.8 Å². The maximum Gasteiger partial charge on any atom is 0.514 e. The molecule has 18 nitrogen and oxygen atoms in total. The number of hydrogen-bond acceptors (Lipinski definition) is 16. The summed E-state index contributed by atoms with van der Waals surface area (Å²) in [5.74, 6) is 7.13. The second-order valence-electron chi connectivity index (χ2n) is 17.1. The number of ether oxygens (including phenoxy) is 9. The number of nitro benzene ring substituents is 1. The number of carbonyl (C=O) groups is 5. The summed E-state index contributed by atoms with van der Waals surface area (Å²) in [7, 11) is 0. The predicted molar refractivity (Wildman–Crippen MR) is 241 cm³/mol. The first kappa shape index (κ1) is 52.4. The van der Waals surface area contributed by atoms with Gasteiger partial charge in [0.2, 0.25) is 12.2 Å². The zero-order chi connectivity index (χ0) is 48.1. The van der Waals surface area contributed by atoms with Crippen LogP contribution in [0.15, 0.2) is 42.5 Å². The summed E-state index contributed by atoms with van der Waals surface area (Å²) >= 11 is 0. The molecule has 366 valence electrons. The number of amides is 1. The number of fused-ring (bicyclic) bond motifs is 1. The van der Waals surface area contributed by atoms with Crippen LogP contribution >= 0.6 is 0 Å². The molecule has 2 aliphatic carbocycles. The standard InChI is InChI=1S/C49H64N2O16/c1-32-33(2)47(65-35(4)52)48(64-34(32)3)67-44-21-15-37(29-36(44)30-63-49(56)66-40-19-16-38(17-20-40)51(57)58)50-45(54)22-18-39(53)11-9-23-59-25-27-61-28-26-60-24-10-14-46(55)62-31-43-41-12-7-5-6-8-13-42(41)43/h15-17,19-21,29,32-34,41-43,47-48H,7-14,18,22-28,30-31H2,1-4H3,(H,50,54)/t32-,33?,34?,41-,42+,43?,47-,48-/m0/s1. The van der Waals surface area contributed by atoms with Crippen molar-refractivity contribution in [3.05, 3.63) is 58.1 Å². The highest BCUT2D eigenvalue weighted by molar-refractivity contribution is 5.93. The van der Waals surface area contributed by atoms with Crippen molar-refractivity contribution >= 4 is 41.2 Å². The first-order chi connectivity index (χ1) is 32.3. The molecule has 1 N–H and O–H groups in total. The lowest BCUT2D eigenvalue weighted by Crippen LogP contribution is -2.52. The number of benzene rings is 2. The molecule has 1 amide bonds. The number of non-ortho nitro benzene ring substituents is 1. The van der Waals surface area contributed by atoms with Gasteiger partial charge in [0.15, 0.2) is 6.10 Å². The number of hydrogen-bond donors (Lipinski definition) is 1. The molecular weight excluding hydrogens is 873 g/mol. The van der Waals surface area contributed by atoms with Crippen molar-refractivity contribution in [1.29, 1.82) is 0 Å². The van der Waals surface area contributed by atoms with Gasteiger partial charge in [-0.3, -0.25) is 29.3 Å². The lowest BCUT2D eigenvalue weighted by atomic mass is 9.84. The van der Waals surface area contributed by atoms with Crippen LogP contribution in [0.25, 0.3) is 0 Å². The minimum absolute atomic E-state index is 0.0162. The van der Waals surface area contributed by atoms with Gasteiger partial charge in [0, 0.05) is 88.0 Å². The number of Topliss-reactive ketones (excluding diaryl/α,β-unsaturated/α-hetero) is 1. The predicted octanol–water partition coefficient (Wildman–Crippen LogP) is 7.52. The van der Waals surface area contributed by atoms with E-state index in [4.69, 9.17) is 42.6 Å². The molecule has 2 aromatic rings. The number of nitrogens with one attached hydrogen (secondary N) is 1. The second kappa shape index (κ2) is 27.3. The Bertz CT molecular complexity index is 2010. The number of nitro groups is 1. The smallest absolute Gasteiger partial charge is 0.465 e. The summed E-state index contributed by atoms with van der Waals surface area (Å²) in [5, 5.41) is 13.7. The van der Waals surface area contributed by atoms with Crippen LogP contribution < -0.4 is 14.8 Å². The van der Waals surface area contributed by atoms with Crippen molar-refractivity contribution in [2.75, 3.05) is 51.6 Å². The van der Waals surface area contributed by atoms with E-state index in [1.165, 1.54) is 37.3 Å². The average molecular weight is 937 g/mol. The minimum atomic E-state index is -1.11. The van der Waals surface area contributed by atoms with Crippen molar-refractivity contribution in [1.82, 2.24) is 0 Å². The molecule has 0 spiro atoms. The molecule has 18 heteroatoms. The molecule has 1 aliphatic heterocycles. The molecule has 2 aromatic carbocycles. The molecule has 5 rings (SSSR count). The van der Waals surface area contributed by atoms with Gasteiger partial charge < -0.3 is 47.9 Å². The van der Waals surface area contributed by atoms with Crippen LogP contribution in [0.1, 0.15) is 97.5 Å². The first-order valence-corrected chi connectivity index (χ1v) is 23.2. The Morgan fingerprint density at radius 3 is 2.07 bits per heavy atom. The summed E-state index contributed by atoms with van der Waals surface area (Å²) in [5.41, 5.74) is 0.438. The first-order valence-electron chi connectivity index (χ1n) is 23.2. The van der Waals surface area contributed by atoms with Gasteiger partial charge in [-0.25, -0.2) is 4.79 Å². The second-order valence-corrected chi connectivity index (χ2v) is 17.1. The van der Waals surface area contributed by atoms with Crippen LogP contribution in [0.5, 0.6) is 11.5 Å². The van der Waals surface area contributed by atoms with E-state index in [-0.39, 0.29) is 66.1 Å². The maximum absolute atomic E-state index is 12.9. The topological polar surface area (TPSA) is 224 Å². The van der Waals surface area contributed by atoms with E-state index in [1.54, 1.807) is 12.1 Å². The molecule has 1 saturated carbocycles. The third kappa shape index (κ3) is 17.9. The Morgan fingerprint density at radius 1 is 0.791 bits per heavy atom. The number of anilines is 1. The fourth-order valence-electron chi connectivity index (χ4n) is 8.12. The summed E-state index contributed by atoms with van der Waals surface area (Å²) < 4.78 is 50.7. The van der Waals surface area contributed by atoms with Gasteiger partial charge in [0.05, 0.1) is 44.1 Å². The van der Waals surface area contributed by atoms with Crippen LogP contribution in [0.4, 0.5) is 16.2 Å². The van der Waals surface area contributed by atoms with Gasteiger partial charge in [0.25, 0.3) is 5.69 Å². The van der Waals surface area contributed by atoms with Gasteiger partial charge in [-0.05, 0) is 86.6 Å². The van der Waals surface area contributed by atoms with Crippen molar-refractivity contribution in [2.45, 2.75) is 117 Å². The maximum atomic E-state index is 12.9. The Balaban J connectivity index is 0.959. The van der Waals surface area contributed by atoms with E-state index in [9.17, 15) is 34.1 Å². The van der Waals surface area contributed by atoms with E-state index >= 15 is 0 Å². The molecule has 8 atom stereocenters. The lowest BCUT2D eigenvalue weighted by molar-refractivity contribution is -0.384. The van der Waals surface area contributed by atoms with Crippen LogP contribution in [-0.4, -0.2) is 99.5 Å². The third-order valence-electron chi connectivity index (χ3n) is 12.3. The van der Waals surface area contributed by atoms with Crippen LogP contribution in [0.3, 0.4) is 0 Å². The quantitative estimate of drug-likeness (QED) is 0.0174. The monoisotopic (exact) mass is 936 g/mol. The van der Waals surface area contributed by atoms with Crippen LogP contribution in [-0.2, 0) is 58.9 Å². The minimum Gasteiger partial charge on any atom is -0.465 e. The molecule has 1 heterocycles. The third-order valence-corrected chi connectivity index (χ3v) is 12.3. The van der Waals surface area contributed by atoms with Crippen LogP contribution in [0.2, 0.25) is 0 Å². The number of nitrogens with zero attached hydrogens (tertiary/aromatic N) is 1. The number of ketones is 1. The highest BCUT2D eigenvalue weighted by Gasteiger charge is 2.49. The molecular formula is C49H64N2O16. The van der Waals surface area contributed by atoms with E-state index in [0.717, 1.165) is 25.7 Å². The molecule has 0 radical (unpaired) electrons. The Labute approximate surface area is 391 Å².